The Hall–Kier alpha value is -2.38. The van der Waals surface area contributed by atoms with Gasteiger partial charge in [-0.2, -0.15) is 0 Å². The first kappa shape index (κ1) is 20.4. The Morgan fingerprint density at radius 1 is 1.29 bits per heavy atom. The Balaban J connectivity index is 1.55. The largest absolute Gasteiger partial charge is 0.495 e. The summed E-state index contributed by atoms with van der Waals surface area (Å²) < 4.78 is 37.5. The summed E-state index contributed by atoms with van der Waals surface area (Å²) in [5.74, 6) is -1.25. The number of nitrogens with zero attached hydrogens (tertiary/aromatic N) is 1. The van der Waals surface area contributed by atoms with E-state index in [0.29, 0.717) is 48.3 Å². The van der Waals surface area contributed by atoms with Crippen molar-refractivity contribution in [2.45, 2.75) is 12.5 Å². The van der Waals surface area contributed by atoms with Crippen LogP contribution >= 0.6 is 11.6 Å². The third-order valence-corrected chi connectivity index (χ3v) is 4.79. The van der Waals surface area contributed by atoms with Crippen LogP contribution in [0.5, 0.6) is 5.75 Å². The monoisotopic (exact) mass is 410 g/mol. The molecule has 1 saturated heterocycles. The summed E-state index contributed by atoms with van der Waals surface area (Å²) in [6.07, 6.45) is -0.214. The van der Waals surface area contributed by atoms with Crippen LogP contribution in [-0.4, -0.2) is 44.2 Å². The summed E-state index contributed by atoms with van der Waals surface area (Å²) in [5.41, 5.74) is 1.22. The topological polar surface area (TPSA) is 50.8 Å². The summed E-state index contributed by atoms with van der Waals surface area (Å²) >= 11 is 6.00. The number of halogens is 3. The zero-order chi connectivity index (χ0) is 20.1. The standard InChI is InChI=1S/C20H21ClF2N2O3/c1-27-18-5-3-14(21)11-17(18)24-7-6-20(26)25-8-9-28-19(12-25)13-2-4-15(22)16(23)10-13/h2-5,10-11,19,24H,6-9,12H2,1H3. The van der Waals surface area contributed by atoms with E-state index in [-0.39, 0.29) is 12.3 Å². The molecule has 1 heterocycles. The van der Waals surface area contributed by atoms with Crippen molar-refractivity contribution in [2.75, 3.05) is 38.7 Å². The van der Waals surface area contributed by atoms with Gasteiger partial charge in [-0.15, -0.1) is 0 Å². The van der Waals surface area contributed by atoms with E-state index in [2.05, 4.69) is 5.32 Å². The molecule has 0 bridgehead atoms. The third-order valence-electron chi connectivity index (χ3n) is 4.55. The Bertz CT molecular complexity index is 850. The van der Waals surface area contributed by atoms with E-state index < -0.39 is 17.7 Å². The molecule has 1 unspecified atom stereocenters. The van der Waals surface area contributed by atoms with E-state index in [0.717, 1.165) is 12.1 Å². The van der Waals surface area contributed by atoms with Crippen LogP contribution < -0.4 is 10.1 Å². The Morgan fingerprint density at radius 3 is 2.86 bits per heavy atom. The van der Waals surface area contributed by atoms with Crippen molar-refractivity contribution in [3.8, 4) is 5.75 Å². The highest BCUT2D eigenvalue weighted by molar-refractivity contribution is 6.30. The van der Waals surface area contributed by atoms with E-state index in [1.54, 1.807) is 30.2 Å². The van der Waals surface area contributed by atoms with Gasteiger partial charge in [0.15, 0.2) is 11.6 Å². The molecular formula is C20H21ClF2N2O3. The van der Waals surface area contributed by atoms with Crippen LogP contribution in [-0.2, 0) is 9.53 Å². The number of methoxy groups -OCH3 is 1. The van der Waals surface area contributed by atoms with Gasteiger partial charge in [-0.1, -0.05) is 17.7 Å². The number of hydrogen-bond acceptors (Lipinski definition) is 4. The highest BCUT2D eigenvalue weighted by Crippen LogP contribution is 2.28. The molecule has 150 valence electrons. The van der Waals surface area contributed by atoms with E-state index >= 15 is 0 Å². The summed E-state index contributed by atoms with van der Waals surface area (Å²) in [4.78, 5) is 14.2. The van der Waals surface area contributed by atoms with Crippen molar-refractivity contribution < 1.29 is 23.0 Å². The number of morpholine rings is 1. The van der Waals surface area contributed by atoms with E-state index in [1.165, 1.54) is 6.07 Å². The molecule has 1 fully saturated rings. The zero-order valence-electron chi connectivity index (χ0n) is 15.4. The van der Waals surface area contributed by atoms with Crippen LogP contribution in [0.3, 0.4) is 0 Å². The number of anilines is 1. The summed E-state index contributed by atoms with van der Waals surface area (Å²) in [6.45, 7) is 1.50. The molecule has 1 aliphatic heterocycles. The molecule has 0 aromatic heterocycles. The first-order valence-electron chi connectivity index (χ1n) is 8.89. The van der Waals surface area contributed by atoms with Crippen molar-refractivity contribution in [1.29, 1.82) is 0 Å². The predicted octanol–water partition coefficient (Wildman–Crippen LogP) is 4.03. The normalized spacial score (nSPS) is 16.7. The van der Waals surface area contributed by atoms with Crippen molar-refractivity contribution in [1.82, 2.24) is 4.90 Å². The smallest absolute Gasteiger partial charge is 0.224 e. The molecule has 0 saturated carbocycles. The highest BCUT2D eigenvalue weighted by atomic mass is 35.5. The Kier molecular flexibility index (Phi) is 6.70. The number of carbonyl (C=O) groups is 1. The van der Waals surface area contributed by atoms with Crippen LogP contribution in [0.4, 0.5) is 14.5 Å². The highest BCUT2D eigenvalue weighted by Gasteiger charge is 2.25. The minimum Gasteiger partial charge on any atom is -0.495 e. The Labute approximate surface area is 167 Å². The second-order valence-corrected chi connectivity index (χ2v) is 6.83. The minimum absolute atomic E-state index is 0.0515. The number of nitrogens with one attached hydrogen (secondary N) is 1. The van der Waals surface area contributed by atoms with Crippen molar-refractivity contribution in [3.05, 3.63) is 58.6 Å². The Morgan fingerprint density at radius 2 is 2.11 bits per heavy atom. The van der Waals surface area contributed by atoms with Gasteiger partial charge in [0.25, 0.3) is 0 Å². The number of carbonyl (C=O) groups excluding carboxylic acids is 1. The average Bonchev–Trinajstić information content (AvgIpc) is 2.70. The molecule has 3 rings (SSSR count). The number of amides is 1. The van der Waals surface area contributed by atoms with Gasteiger partial charge in [0, 0.05) is 24.5 Å². The zero-order valence-corrected chi connectivity index (χ0v) is 16.1. The lowest BCUT2D eigenvalue weighted by atomic mass is 10.1. The van der Waals surface area contributed by atoms with Crippen molar-refractivity contribution in [3.63, 3.8) is 0 Å². The van der Waals surface area contributed by atoms with Crippen LogP contribution in [0, 0.1) is 11.6 Å². The number of hydrogen-bond donors (Lipinski definition) is 1. The molecule has 0 spiro atoms. The molecule has 5 nitrogen and oxygen atoms in total. The third kappa shape index (κ3) is 4.91. The predicted molar refractivity (Wildman–Crippen MR) is 103 cm³/mol. The maximum atomic E-state index is 13.5. The summed E-state index contributed by atoms with van der Waals surface area (Å²) in [6, 6.07) is 8.87. The minimum atomic E-state index is -0.927. The van der Waals surface area contributed by atoms with Gasteiger partial charge < -0.3 is 19.7 Å². The molecular weight excluding hydrogens is 390 g/mol. The molecule has 2 aromatic rings. The number of ether oxygens (including phenoxy) is 2. The van der Waals surface area contributed by atoms with Gasteiger partial charge in [0.1, 0.15) is 11.9 Å². The molecule has 28 heavy (non-hydrogen) atoms. The molecule has 8 heteroatoms. The van der Waals surface area contributed by atoms with Crippen LogP contribution in [0.25, 0.3) is 0 Å². The molecule has 1 aliphatic rings. The van der Waals surface area contributed by atoms with Gasteiger partial charge in [0.05, 0.1) is 25.9 Å². The molecule has 1 N–H and O–H groups in total. The van der Waals surface area contributed by atoms with Crippen LogP contribution in [0.1, 0.15) is 18.1 Å². The first-order chi connectivity index (χ1) is 13.5. The molecule has 0 aliphatic carbocycles. The van der Waals surface area contributed by atoms with Crippen LogP contribution in [0.2, 0.25) is 5.02 Å². The van der Waals surface area contributed by atoms with Crippen LogP contribution in [0.15, 0.2) is 36.4 Å². The maximum Gasteiger partial charge on any atom is 0.224 e. The number of rotatable bonds is 6. The fourth-order valence-corrected chi connectivity index (χ4v) is 3.24. The molecule has 2 aromatic carbocycles. The fourth-order valence-electron chi connectivity index (χ4n) is 3.07. The van der Waals surface area contributed by atoms with Gasteiger partial charge >= 0.3 is 0 Å². The number of benzene rings is 2. The lowest BCUT2D eigenvalue weighted by Crippen LogP contribution is -2.42. The SMILES string of the molecule is COc1ccc(Cl)cc1NCCC(=O)N1CCOC(c2ccc(F)c(F)c2)C1. The van der Waals surface area contributed by atoms with E-state index in [1.807, 2.05) is 0 Å². The van der Waals surface area contributed by atoms with Crippen molar-refractivity contribution in [2.24, 2.45) is 0 Å². The quantitative estimate of drug-likeness (QED) is 0.781. The van der Waals surface area contributed by atoms with Gasteiger partial charge in [-0.25, -0.2) is 8.78 Å². The lowest BCUT2D eigenvalue weighted by molar-refractivity contribution is -0.138. The fraction of sp³-hybridized carbons (Fsp3) is 0.350. The van der Waals surface area contributed by atoms with E-state index in [4.69, 9.17) is 21.1 Å². The van der Waals surface area contributed by atoms with Gasteiger partial charge in [-0.3, -0.25) is 4.79 Å². The maximum absolute atomic E-state index is 13.5. The second kappa shape index (κ2) is 9.21. The van der Waals surface area contributed by atoms with Gasteiger partial charge in [-0.05, 0) is 35.9 Å². The first-order valence-corrected chi connectivity index (χ1v) is 9.27. The average molecular weight is 411 g/mol. The van der Waals surface area contributed by atoms with Crippen molar-refractivity contribution >= 4 is 23.2 Å². The van der Waals surface area contributed by atoms with E-state index in [9.17, 15) is 13.6 Å². The summed E-state index contributed by atoms with van der Waals surface area (Å²) in [7, 11) is 1.56. The molecule has 0 radical (unpaired) electrons. The summed E-state index contributed by atoms with van der Waals surface area (Å²) in [5, 5.41) is 3.72. The molecule has 1 atom stereocenters. The lowest BCUT2D eigenvalue weighted by Gasteiger charge is -2.33. The second-order valence-electron chi connectivity index (χ2n) is 6.39. The van der Waals surface area contributed by atoms with Gasteiger partial charge in [0.2, 0.25) is 5.91 Å². The molecule has 1 amide bonds.